The van der Waals surface area contributed by atoms with Gasteiger partial charge in [-0.15, -0.1) is 0 Å². The Balaban J connectivity index is 1.52. The predicted molar refractivity (Wildman–Crippen MR) is 120 cm³/mol. The molecule has 0 radical (unpaired) electrons. The van der Waals surface area contributed by atoms with E-state index in [-0.39, 0.29) is 11.8 Å². The van der Waals surface area contributed by atoms with Gasteiger partial charge >= 0.3 is 0 Å². The van der Waals surface area contributed by atoms with E-state index in [4.69, 9.17) is 4.74 Å². The van der Waals surface area contributed by atoms with Crippen molar-refractivity contribution in [3.05, 3.63) is 60.0 Å². The van der Waals surface area contributed by atoms with Crippen molar-refractivity contribution >= 4 is 40.6 Å². The third kappa shape index (κ3) is 4.02. The van der Waals surface area contributed by atoms with Crippen molar-refractivity contribution in [1.82, 2.24) is 15.3 Å². The minimum atomic E-state index is -1.70. The second-order valence-corrected chi connectivity index (χ2v) is 8.00. The number of nitrogens with zero attached hydrogens (tertiary/aromatic N) is 2. The van der Waals surface area contributed by atoms with E-state index in [1.165, 1.54) is 6.92 Å². The molecule has 0 fully saturated rings. The molecule has 0 saturated heterocycles. The van der Waals surface area contributed by atoms with E-state index >= 15 is 0 Å². The number of carbonyl (C=O) groups is 2. The van der Waals surface area contributed by atoms with E-state index in [1.807, 2.05) is 24.3 Å². The first-order chi connectivity index (χ1) is 15.9. The number of amides is 2. The van der Waals surface area contributed by atoms with Crippen molar-refractivity contribution in [2.75, 3.05) is 22.5 Å². The minimum Gasteiger partial charge on any atom is -0.466 e. The number of ether oxygens (including phenoxy) is 1. The van der Waals surface area contributed by atoms with Crippen molar-refractivity contribution < 1.29 is 18.7 Å². The average Bonchev–Trinajstić information content (AvgIpc) is 2.80. The fraction of sp³-hybridized carbons (Fsp3) is 0.217. The maximum Gasteiger partial charge on any atom is 0.278 e. The van der Waals surface area contributed by atoms with Gasteiger partial charge in [0.25, 0.3) is 17.4 Å². The lowest BCUT2D eigenvalue weighted by molar-refractivity contribution is -0.146. The summed E-state index contributed by atoms with van der Waals surface area (Å²) in [6, 6.07) is 12.5. The van der Waals surface area contributed by atoms with E-state index in [0.29, 0.717) is 30.1 Å². The molecule has 8 bridgehead atoms. The fourth-order valence-corrected chi connectivity index (χ4v) is 3.65. The first-order valence-electron chi connectivity index (χ1n) is 10.5. The van der Waals surface area contributed by atoms with E-state index < -0.39 is 23.2 Å². The van der Waals surface area contributed by atoms with Gasteiger partial charge in [0.2, 0.25) is 5.95 Å². The number of aryl methyl sites for hydroxylation is 1. The van der Waals surface area contributed by atoms with E-state index in [2.05, 4.69) is 31.2 Å². The maximum atomic E-state index is 14.4. The van der Waals surface area contributed by atoms with Gasteiger partial charge in [-0.1, -0.05) is 12.1 Å². The van der Waals surface area contributed by atoms with Crippen molar-refractivity contribution in [2.45, 2.75) is 25.4 Å². The number of hydrogen-bond acceptors (Lipinski definition) is 7. The van der Waals surface area contributed by atoms with Crippen LogP contribution < -0.4 is 26.0 Å². The van der Waals surface area contributed by atoms with Crippen molar-refractivity contribution in [1.29, 1.82) is 0 Å². The highest BCUT2D eigenvalue weighted by molar-refractivity contribution is 6.15. The van der Waals surface area contributed by atoms with Crippen LogP contribution in [-0.4, -0.2) is 33.9 Å². The lowest BCUT2D eigenvalue weighted by Gasteiger charge is -2.33. The summed E-state index contributed by atoms with van der Waals surface area (Å²) in [6.45, 7) is 1.83. The zero-order valence-electron chi connectivity index (χ0n) is 17.7. The van der Waals surface area contributed by atoms with E-state index in [1.54, 1.807) is 18.2 Å². The molecule has 4 N–H and O–H groups in total. The number of nitrogens with one attached hydrogen (secondary N) is 4. The molecule has 168 valence electrons. The SMILES string of the molecule is CC12Oc3ccc(cc3NC1=O)Nc1nc(ncc1F)Nc1ccc(cc1)CCCNC2=O. The molecule has 10 heteroatoms. The molecule has 1 atom stereocenters. The van der Waals surface area contributed by atoms with Gasteiger partial charge in [-0.2, -0.15) is 4.98 Å². The van der Waals surface area contributed by atoms with Crippen LogP contribution in [0.4, 0.5) is 33.2 Å². The Hall–Kier alpha value is -4.21. The van der Waals surface area contributed by atoms with E-state index in [9.17, 15) is 14.0 Å². The molecular weight excluding hydrogens is 427 g/mol. The highest BCUT2D eigenvalue weighted by atomic mass is 19.1. The summed E-state index contributed by atoms with van der Waals surface area (Å²) in [4.78, 5) is 33.7. The first kappa shape index (κ1) is 20.7. The lowest BCUT2D eigenvalue weighted by Crippen LogP contribution is -2.58. The van der Waals surface area contributed by atoms with Gasteiger partial charge < -0.3 is 26.0 Å². The molecule has 7 aliphatic heterocycles. The third-order valence-electron chi connectivity index (χ3n) is 5.55. The molecule has 0 saturated carbocycles. The molecule has 2 aromatic carbocycles. The van der Waals surface area contributed by atoms with Gasteiger partial charge in [-0.05, 0) is 55.7 Å². The number of aromatic nitrogens is 2. The van der Waals surface area contributed by atoms with Gasteiger partial charge in [0.05, 0.1) is 11.9 Å². The van der Waals surface area contributed by atoms with E-state index in [0.717, 1.165) is 23.9 Å². The summed E-state index contributed by atoms with van der Waals surface area (Å²) < 4.78 is 20.2. The van der Waals surface area contributed by atoms with Crippen LogP contribution in [0.3, 0.4) is 0 Å². The highest BCUT2D eigenvalue weighted by Gasteiger charge is 2.47. The monoisotopic (exact) mass is 448 g/mol. The van der Waals surface area contributed by atoms with Crippen molar-refractivity contribution in [3.63, 3.8) is 0 Å². The van der Waals surface area contributed by atoms with Gasteiger partial charge in [0.15, 0.2) is 11.6 Å². The maximum absolute atomic E-state index is 14.4. The fourth-order valence-electron chi connectivity index (χ4n) is 3.65. The van der Waals surface area contributed by atoms with Crippen LogP contribution >= 0.6 is 0 Å². The van der Waals surface area contributed by atoms with Crippen LogP contribution in [0.5, 0.6) is 5.75 Å². The summed E-state index contributed by atoms with van der Waals surface area (Å²) in [5, 5.41) is 11.5. The predicted octanol–water partition coefficient (Wildman–Crippen LogP) is 3.25. The van der Waals surface area contributed by atoms with Crippen LogP contribution in [0.25, 0.3) is 0 Å². The zero-order valence-corrected chi connectivity index (χ0v) is 17.7. The molecule has 33 heavy (non-hydrogen) atoms. The summed E-state index contributed by atoms with van der Waals surface area (Å²) in [6.07, 6.45) is 2.49. The first-order valence-corrected chi connectivity index (χ1v) is 10.5. The van der Waals surface area contributed by atoms with Crippen LogP contribution in [0.15, 0.2) is 48.7 Å². The molecule has 0 aliphatic carbocycles. The molecule has 9 nitrogen and oxygen atoms in total. The highest BCUT2D eigenvalue weighted by Crippen LogP contribution is 2.36. The summed E-state index contributed by atoms with van der Waals surface area (Å²) in [7, 11) is 0. The van der Waals surface area contributed by atoms with Gasteiger partial charge in [-0.25, -0.2) is 9.37 Å². The number of halogens is 1. The second kappa shape index (κ2) is 8.05. The Morgan fingerprint density at radius 1 is 1.00 bits per heavy atom. The van der Waals surface area contributed by atoms with Gasteiger partial charge in [-0.3, -0.25) is 9.59 Å². The summed E-state index contributed by atoms with van der Waals surface area (Å²) in [5.41, 5.74) is 0.957. The molecule has 8 heterocycles. The molecule has 1 unspecified atom stereocenters. The standard InChI is InChI=1S/C23H21FN6O3/c1-23-20(31)25-10-2-3-13-4-6-14(7-5-13)28-22-26-12-16(24)19(30-22)27-15-8-9-18(33-23)17(11-15)29-21(23)32/h4-9,11-12H,2-3,10H2,1H3,(H,25,31)(H,29,32)(H2,26,27,28,30). The Morgan fingerprint density at radius 2 is 1.79 bits per heavy atom. The summed E-state index contributed by atoms with van der Waals surface area (Å²) in [5.74, 6) is -1.22. The number of rotatable bonds is 0. The number of anilines is 5. The quantitative estimate of drug-likeness (QED) is 0.390. The van der Waals surface area contributed by atoms with Crippen LogP contribution in [0, 0.1) is 5.82 Å². The molecule has 2 amide bonds. The van der Waals surface area contributed by atoms with Crippen molar-refractivity contribution in [2.24, 2.45) is 0 Å². The minimum absolute atomic E-state index is 0.0363. The number of benzene rings is 2. The van der Waals surface area contributed by atoms with Crippen LogP contribution in [0.1, 0.15) is 18.9 Å². The van der Waals surface area contributed by atoms with Gasteiger partial charge in [0, 0.05) is 17.9 Å². The van der Waals surface area contributed by atoms with Crippen LogP contribution in [-0.2, 0) is 16.0 Å². The lowest BCUT2D eigenvalue weighted by atomic mass is 10.0. The molecule has 10 rings (SSSR count). The molecule has 1 aromatic heterocycles. The molecule has 0 spiro atoms. The zero-order chi connectivity index (χ0) is 23.0. The molecule has 7 aliphatic rings. The Morgan fingerprint density at radius 3 is 2.61 bits per heavy atom. The Bertz CT molecular complexity index is 1250. The van der Waals surface area contributed by atoms with Gasteiger partial charge in [0.1, 0.15) is 5.75 Å². The molecule has 3 aromatic rings. The topological polar surface area (TPSA) is 117 Å². The number of hydrogen-bond donors (Lipinski definition) is 4. The smallest absolute Gasteiger partial charge is 0.278 e. The number of carbonyl (C=O) groups excluding carboxylic acids is 2. The normalized spacial score (nSPS) is 19.7. The third-order valence-corrected chi connectivity index (χ3v) is 5.55. The Kier molecular flexibility index (Phi) is 5.04. The average molecular weight is 448 g/mol. The van der Waals surface area contributed by atoms with Crippen LogP contribution in [0.2, 0.25) is 0 Å². The largest absolute Gasteiger partial charge is 0.466 e. The van der Waals surface area contributed by atoms with Crippen molar-refractivity contribution in [3.8, 4) is 5.75 Å². The summed E-state index contributed by atoms with van der Waals surface area (Å²) >= 11 is 0. The second-order valence-electron chi connectivity index (χ2n) is 8.00. The Labute approximate surface area is 188 Å². The molecular formula is C23H21FN6O3.